The number of thioether (sulfide) groups is 1. The van der Waals surface area contributed by atoms with Crippen molar-refractivity contribution < 1.29 is 4.79 Å². The van der Waals surface area contributed by atoms with Gasteiger partial charge in [0, 0.05) is 22.9 Å². The number of benzene rings is 1. The summed E-state index contributed by atoms with van der Waals surface area (Å²) >= 11 is 1.80. The Morgan fingerprint density at radius 1 is 1.28 bits per heavy atom. The Morgan fingerprint density at radius 2 is 2.03 bits per heavy atom. The standard InChI is InChI=1S/C21H22N4O3S/c1-2-25-18-15(20(27)24-21(25)28)11-13(12-22-18)19(26)23-16-9-5-6-10-17(16)29-14-7-3-4-8-14/h5-6,9-12,14H,2-4,7-8H2,1H3,(H,23,26)(H,24,27,28). The molecular weight excluding hydrogens is 388 g/mol. The molecule has 0 bridgehead atoms. The van der Waals surface area contributed by atoms with Gasteiger partial charge in [0.2, 0.25) is 0 Å². The van der Waals surface area contributed by atoms with Crippen molar-refractivity contribution in [3.8, 4) is 0 Å². The zero-order valence-corrected chi connectivity index (χ0v) is 16.9. The molecule has 29 heavy (non-hydrogen) atoms. The molecule has 3 aromatic rings. The number of rotatable bonds is 5. The molecule has 8 heteroatoms. The molecule has 0 spiro atoms. The van der Waals surface area contributed by atoms with Crippen molar-refractivity contribution in [1.29, 1.82) is 0 Å². The van der Waals surface area contributed by atoms with Gasteiger partial charge < -0.3 is 5.32 Å². The van der Waals surface area contributed by atoms with Crippen molar-refractivity contribution in [2.45, 2.75) is 49.3 Å². The number of H-pyrrole nitrogens is 1. The smallest absolute Gasteiger partial charge is 0.321 e. The van der Waals surface area contributed by atoms with Gasteiger partial charge in [-0.2, -0.15) is 0 Å². The van der Waals surface area contributed by atoms with Crippen molar-refractivity contribution in [3.05, 3.63) is 62.9 Å². The predicted molar refractivity (Wildman–Crippen MR) is 115 cm³/mol. The minimum absolute atomic E-state index is 0.215. The van der Waals surface area contributed by atoms with Crippen molar-refractivity contribution in [2.75, 3.05) is 5.32 Å². The van der Waals surface area contributed by atoms with Crippen LogP contribution in [0.1, 0.15) is 43.0 Å². The molecular formula is C21H22N4O3S. The summed E-state index contributed by atoms with van der Waals surface area (Å²) in [6.45, 7) is 2.16. The molecule has 1 saturated carbocycles. The average molecular weight is 410 g/mol. The molecule has 150 valence electrons. The van der Waals surface area contributed by atoms with E-state index in [0.717, 1.165) is 10.6 Å². The number of carbonyl (C=O) groups is 1. The summed E-state index contributed by atoms with van der Waals surface area (Å²) in [7, 11) is 0. The lowest BCUT2D eigenvalue weighted by Gasteiger charge is -2.14. The summed E-state index contributed by atoms with van der Waals surface area (Å²) in [6.07, 6.45) is 6.31. The molecule has 2 aromatic heterocycles. The number of fused-ring (bicyclic) bond motifs is 1. The Hall–Kier alpha value is -2.87. The van der Waals surface area contributed by atoms with Crippen LogP contribution in [-0.4, -0.2) is 25.7 Å². The second-order valence-electron chi connectivity index (χ2n) is 7.07. The molecule has 1 aromatic carbocycles. The van der Waals surface area contributed by atoms with E-state index >= 15 is 0 Å². The topological polar surface area (TPSA) is 96.9 Å². The maximum absolute atomic E-state index is 12.8. The number of aromatic amines is 1. The van der Waals surface area contributed by atoms with Crippen LogP contribution >= 0.6 is 11.8 Å². The molecule has 1 aliphatic carbocycles. The first-order valence-corrected chi connectivity index (χ1v) is 10.6. The predicted octanol–water partition coefficient (Wildman–Crippen LogP) is 3.39. The number of anilines is 1. The van der Waals surface area contributed by atoms with Gasteiger partial charge in [-0.15, -0.1) is 11.8 Å². The van der Waals surface area contributed by atoms with Gasteiger partial charge in [-0.25, -0.2) is 9.78 Å². The van der Waals surface area contributed by atoms with Gasteiger partial charge in [-0.05, 0) is 38.0 Å². The van der Waals surface area contributed by atoms with Gasteiger partial charge >= 0.3 is 5.69 Å². The molecule has 1 aliphatic rings. The second-order valence-corrected chi connectivity index (χ2v) is 8.42. The van der Waals surface area contributed by atoms with Gasteiger partial charge in [0.15, 0.2) is 0 Å². The minimum atomic E-state index is -0.547. The van der Waals surface area contributed by atoms with Crippen LogP contribution in [0.25, 0.3) is 11.0 Å². The van der Waals surface area contributed by atoms with E-state index in [1.807, 2.05) is 24.3 Å². The lowest BCUT2D eigenvalue weighted by Crippen LogP contribution is -2.30. The van der Waals surface area contributed by atoms with Crippen molar-refractivity contribution in [2.24, 2.45) is 0 Å². The molecule has 2 heterocycles. The number of hydrogen-bond donors (Lipinski definition) is 2. The third-order valence-corrected chi connectivity index (χ3v) is 6.56. The number of nitrogens with zero attached hydrogens (tertiary/aromatic N) is 2. The third-order valence-electron chi connectivity index (χ3n) is 5.14. The Bertz CT molecular complexity index is 1180. The fourth-order valence-electron chi connectivity index (χ4n) is 3.64. The summed E-state index contributed by atoms with van der Waals surface area (Å²) in [5.74, 6) is -0.340. The van der Waals surface area contributed by atoms with E-state index in [9.17, 15) is 14.4 Å². The number of nitrogens with one attached hydrogen (secondary N) is 2. The van der Waals surface area contributed by atoms with Gasteiger partial charge in [0.1, 0.15) is 5.65 Å². The SMILES string of the molecule is CCn1c(=O)[nH]c(=O)c2cc(C(=O)Nc3ccccc3SC3CCCC3)cnc21. The van der Waals surface area contributed by atoms with Crippen LogP contribution in [0.4, 0.5) is 5.69 Å². The highest BCUT2D eigenvalue weighted by atomic mass is 32.2. The van der Waals surface area contributed by atoms with Crippen molar-refractivity contribution in [1.82, 2.24) is 14.5 Å². The van der Waals surface area contributed by atoms with Gasteiger partial charge in [0.25, 0.3) is 11.5 Å². The van der Waals surface area contributed by atoms with E-state index in [1.165, 1.54) is 42.5 Å². The maximum atomic E-state index is 12.8. The molecule has 2 N–H and O–H groups in total. The molecule has 1 fully saturated rings. The first-order chi connectivity index (χ1) is 14.1. The largest absolute Gasteiger partial charge is 0.329 e. The molecule has 0 atom stereocenters. The van der Waals surface area contributed by atoms with Crippen LogP contribution in [0.2, 0.25) is 0 Å². The number of carbonyl (C=O) groups excluding carboxylic acids is 1. The highest BCUT2D eigenvalue weighted by molar-refractivity contribution is 8.00. The number of aromatic nitrogens is 3. The van der Waals surface area contributed by atoms with E-state index in [0.29, 0.717) is 11.8 Å². The summed E-state index contributed by atoms with van der Waals surface area (Å²) < 4.78 is 1.37. The fraction of sp³-hybridized carbons (Fsp3) is 0.333. The second kappa shape index (κ2) is 8.24. The van der Waals surface area contributed by atoms with E-state index in [-0.39, 0.29) is 22.5 Å². The Balaban J connectivity index is 1.63. The number of amides is 1. The zero-order chi connectivity index (χ0) is 20.4. The van der Waals surface area contributed by atoms with Crippen LogP contribution in [0.5, 0.6) is 0 Å². The van der Waals surface area contributed by atoms with E-state index in [2.05, 4.69) is 15.3 Å². The molecule has 0 saturated heterocycles. The Kier molecular flexibility index (Phi) is 5.53. The van der Waals surface area contributed by atoms with Crippen LogP contribution in [-0.2, 0) is 6.54 Å². The maximum Gasteiger partial charge on any atom is 0.329 e. The van der Waals surface area contributed by atoms with E-state index in [1.54, 1.807) is 18.7 Å². The van der Waals surface area contributed by atoms with Crippen molar-refractivity contribution >= 4 is 34.4 Å². The fourth-order valence-corrected chi connectivity index (χ4v) is 4.97. The third kappa shape index (κ3) is 3.98. The number of pyridine rings is 1. The first-order valence-electron chi connectivity index (χ1n) is 9.76. The summed E-state index contributed by atoms with van der Waals surface area (Å²) in [6, 6.07) is 9.23. The summed E-state index contributed by atoms with van der Waals surface area (Å²) in [5, 5.41) is 3.74. The lowest BCUT2D eigenvalue weighted by atomic mass is 10.2. The first kappa shape index (κ1) is 19.4. The number of hydrogen-bond acceptors (Lipinski definition) is 5. The van der Waals surface area contributed by atoms with E-state index < -0.39 is 11.2 Å². The molecule has 4 rings (SSSR count). The van der Waals surface area contributed by atoms with Crippen molar-refractivity contribution in [3.63, 3.8) is 0 Å². The van der Waals surface area contributed by atoms with Crippen LogP contribution in [0.3, 0.4) is 0 Å². The van der Waals surface area contributed by atoms with Crippen LogP contribution in [0.15, 0.2) is 51.0 Å². The average Bonchev–Trinajstić information content (AvgIpc) is 3.22. The molecule has 0 radical (unpaired) electrons. The van der Waals surface area contributed by atoms with Gasteiger partial charge in [-0.1, -0.05) is 25.0 Å². The summed E-state index contributed by atoms with van der Waals surface area (Å²) in [4.78, 5) is 44.5. The monoisotopic (exact) mass is 410 g/mol. The zero-order valence-electron chi connectivity index (χ0n) is 16.1. The normalized spacial score (nSPS) is 14.4. The quantitative estimate of drug-likeness (QED) is 0.672. The van der Waals surface area contributed by atoms with Crippen LogP contribution in [0, 0.1) is 0 Å². The number of para-hydroxylation sites is 1. The summed E-state index contributed by atoms with van der Waals surface area (Å²) in [5.41, 5.74) is 0.239. The van der Waals surface area contributed by atoms with Crippen LogP contribution < -0.4 is 16.6 Å². The van der Waals surface area contributed by atoms with Gasteiger partial charge in [-0.3, -0.25) is 19.1 Å². The highest BCUT2D eigenvalue weighted by Crippen LogP contribution is 2.38. The lowest BCUT2D eigenvalue weighted by molar-refractivity contribution is 0.102. The van der Waals surface area contributed by atoms with E-state index in [4.69, 9.17) is 0 Å². The molecule has 7 nitrogen and oxygen atoms in total. The molecule has 1 amide bonds. The Labute approximate surface area is 171 Å². The van der Waals surface area contributed by atoms with Gasteiger partial charge in [0.05, 0.1) is 16.6 Å². The Morgan fingerprint density at radius 3 is 2.79 bits per heavy atom. The molecule has 0 unspecified atom stereocenters. The highest BCUT2D eigenvalue weighted by Gasteiger charge is 2.19. The minimum Gasteiger partial charge on any atom is -0.321 e. The molecule has 0 aliphatic heterocycles. The number of aryl methyl sites for hydroxylation is 1.